The van der Waals surface area contributed by atoms with Crippen LogP contribution in [0.4, 0.5) is 11.4 Å². The molecule has 0 fully saturated rings. The van der Waals surface area contributed by atoms with E-state index in [0.29, 0.717) is 24.0 Å². The number of hydrogen-bond donors (Lipinski definition) is 1. The van der Waals surface area contributed by atoms with Gasteiger partial charge in [0.25, 0.3) is 11.6 Å². The minimum atomic E-state index is -1.19. The number of anilines is 1. The van der Waals surface area contributed by atoms with Crippen LogP contribution in [0.15, 0.2) is 36.4 Å². The highest BCUT2D eigenvalue weighted by Crippen LogP contribution is 2.30. The maximum absolute atomic E-state index is 12.5. The van der Waals surface area contributed by atoms with Gasteiger partial charge in [-0.2, -0.15) is 0 Å². The quantitative estimate of drug-likeness (QED) is 0.300. The van der Waals surface area contributed by atoms with Crippen molar-refractivity contribution >= 4 is 23.3 Å². The van der Waals surface area contributed by atoms with Crippen molar-refractivity contribution in [2.24, 2.45) is 5.92 Å². The molecule has 1 atom stereocenters. The second-order valence-corrected chi connectivity index (χ2v) is 7.58. The molecule has 33 heavy (non-hydrogen) atoms. The smallest absolute Gasteiger partial charge is 0.339 e. The van der Waals surface area contributed by atoms with Gasteiger partial charge in [-0.15, -0.1) is 0 Å². The summed E-state index contributed by atoms with van der Waals surface area (Å²) in [5.41, 5.74) is 0.0401. The lowest BCUT2D eigenvalue weighted by molar-refractivity contribution is -0.384. The molecule has 0 saturated carbocycles. The summed E-state index contributed by atoms with van der Waals surface area (Å²) >= 11 is 0. The fourth-order valence-electron chi connectivity index (χ4n) is 2.74. The third kappa shape index (κ3) is 7.09. The highest BCUT2D eigenvalue weighted by atomic mass is 16.6. The minimum absolute atomic E-state index is 0.0872. The predicted octanol–water partition coefficient (Wildman–Crippen LogP) is 4.22. The molecule has 0 aliphatic heterocycles. The second kappa shape index (κ2) is 11.7. The van der Waals surface area contributed by atoms with Crippen LogP contribution in [0.1, 0.15) is 37.6 Å². The Labute approximate surface area is 191 Å². The minimum Gasteiger partial charge on any atom is -0.495 e. The van der Waals surface area contributed by atoms with Crippen molar-refractivity contribution in [1.82, 2.24) is 0 Å². The van der Waals surface area contributed by atoms with Crippen LogP contribution in [0.5, 0.6) is 17.2 Å². The lowest BCUT2D eigenvalue weighted by Gasteiger charge is -2.16. The maximum atomic E-state index is 12.5. The van der Waals surface area contributed by atoms with Crippen molar-refractivity contribution in [1.29, 1.82) is 0 Å². The van der Waals surface area contributed by atoms with Gasteiger partial charge in [0, 0.05) is 12.1 Å². The van der Waals surface area contributed by atoms with Crippen LogP contribution in [0.25, 0.3) is 0 Å². The van der Waals surface area contributed by atoms with Crippen LogP contribution < -0.4 is 19.5 Å². The average molecular weight is 460 g/mol. The Hall–Kier alpha value is -3.82. The van der Waals surface area contributed by atoms with Crippen LogP contribution >= 0.6 is 0 Å². The van der Waals surface area contributed by atoms with E-state index >= 15 is 0 Å². The van der Waals surface area contributed by atoms with Crippen LogP contribution in [-0.2, 0) is 9.53 Å². The molecular weight excluding hydrogens is 432 g/mol. The molecule has 1 N–H and O–H groups in total. The Kier molecular flexibility index (Phi) is 9.02. The lowest BCUT2D eigenvalue weighted by Crippen LogP contribution is -2.30. The van der Waals surface area contributed by atoms with Gasteiger partial charge in [0.1, 0.15) is 5.75 Å². The number of non-ortho nitro benzene ring substituents is 1. The molecular formula is C23H28N2O8. The zero-order chi connectivity index (χ0) is 24.5. The standard InChI is InChI=1S/C23H28N2O8/c1-14(2)10-11-32-20-8-6-16(12-21(20)31-5)23(27)33-15(3)22(26)24-18-13-17(25(28)29)7-9-19(18)30-4/h6-9,12-15H,10-11H2,1-5H3,(H,24,26). The van der Waals surface area contributed by atoms with Crippen molar-refractivity contribution in [3.63, 3.8) is 0 Å². The molecule has 2 rings (SSSR count). The number of nitro benzene ring substituents is 1. The normalized spacial score (nSPS) is 11.5. The topological polar surface area (TPSA) is 126 Å². The van der Waals surface area contributed by atoms with Gasteiger partial charge in [-0.05, 0) is 43.5 Å². The van der Waals surface area contributed by atoms with E-state index in [1.54, 1.807) is 6.07 Å². The Balaban J connectivity index is 2.07. The maximum Gasteiger partial charge on any atom is 0.339 e. The summed E-state index contributed by atoms with van der Waals surface area (Å²) in [6.07, 6.45) is -0.316. The van der Waals surface area contributed by atoms with Gasteiger partial charge in [0.05, 0.1) is 37.0 Å². The van der Waals surface area contributed by atoms with E-state index in [1.807, 2.05) is 0 Å². The van der Waals surface area contributed by atoms with Crippen LogP contribution in [-0.4, -0.2) is 43.7 Å². The fraction of sp³-hybridized carbons (Fsp3) is 0.391. The van der Waals surface area contributed by atoms with E-state index in [-0.39, 0.29) is 22.7 Å². The molecule has 0 aromatic heterocycles. The molecule has 2 aromatic carbocycles. The SMILES string of the molecule is COc1ccc([N+](=O)[O-])cc1NC(=O)C(C)OC(=O)c1ccc(OCCC(C)C)c(OC)c1. The molecule has 2 aromatic rings. The van der Waals surface area contributed by atoms with E-state index in [9.17, 15) is 19.7 Å². The summed E-state index contributed by atoms with van der Waals surface area (Å²) in [5, 5.41) is 13.5. The molecule has 0 saturated heterocycles. The number of nitrogens with one attached hydrogen (secondary N) is 1. The Morgan fingerprint density at radius 1 is 1.00 bits per heavy atom. The first-order valence-corrected chi connectivity index (χ1v) is 10.3. The zero-order valence-corrected chi connectivity index (χ0v) is 19.2. The molecule has 1 amide bonds. The lowest BCUT2D eigenvalue weighted by atomic mass is 10.1. The van der Waals surface area contributed by atoms with Gasteiger partial charge in [0.2, 0.25) is 0 Å². The number of carbonyl (C=O) groups excluding carboxylic acids is 2. The summed E-state index contributed by atoms with van der Waals surface area (Å²) in [4.78, 5) is 35.5. The molecule has 0 spiro atoms. The monoisotopic (exact) mass is 460 g/mol. The molecule has 1 unspecified atom stereocenters. The van der Waals surface area contributed by atoms with Crippen molar-refractivity contribution in [3.05, 3.63) is 52.1 Å². The molecule has 10 nitrogen and oxygen atoms in total. The highest BCUT2D eigenvalue weighted by molar-refractivity contribution is 5.98. The summed E-state index contributed by atoms with van der Waals surface area (Å²) < 4.78 is 21.4. The third-order valence-corrected chi connectivity index (χ3v) is 4.66. The molecule has 10 heteroatoms. The number of amides is 1. The Morgan fingerprint density at radius 2 is 1.67 bits per heavy atom. The van der Waals surface area contributed by atoms with E-state index in [0.717, 1.165) is 12.5 Å². The summed E-state index contributed by atoms with van der Waals surface area (Å²) in [7, 11) is 2.83. The highest BCUT2D eigenvalue weighted by Gasteiger charge is 2.22. The van der Waals surface area contributed by atoms with E-state index in [1.165, 1.54) is 45.4 Å². The van der Waals surface area contributed by atoms with Gasteiger partial charge in [-0.1, -0.05) is 13.8 Å². The van der Waals surface area contributed by atoms with E-state index < -0.39 is 22.9 Å². The van der Waals surface area contributed by atoms with Gasteiger partial charge < -0.3 is 24.3 Å². The van der Waals surface area contributed by atoms with Crippen molar-refractivity contribution in [2.45, 2.75) is 33.3 Å². The summed E-state index contributed by atoms with van der Waals surface area (Å²) in [6, 6.07) is 8.37. The first kappa shape index (κ1) is 25.4. The summed E-state index contributed by atoms with van der Waals surface area (Å²) in [5.74, 6) is 0.161. The average Bonchev–Trinajstić information content (AvgIpc) is 2.78. The second-order valence-electron chi connectivity index (χ2n) is 7.58. The fourth-order valence-corrected chi connectivity index (χ4v) is 2.74. The predicted molar refractivity (Wildman–Crippen MR) is 121 cm³/mol. The van der Waals surface area contributed by atoms with Gasteiger partial charge in [-0.3, -0.25) is 14.9 Å². The van der Waals surface area contributed by atoms with Crippen molar-refractivity contribution in [2.75, 3.05) is 26.1 Å². The number of methoxy groups -OCH3 is 2. The molecule has 0 aliphatic carbocycles. The number of nitro groups is 1. The Bertz CT molecular complexity index is 1010. The number of rotatable bonds is 11. The Morgan fingerprint density at radius 3 is 2.27 bits per heavy atom. The van der Waals surface area contributed by atoms with E-state index in [4.69, 9.17) is 18.9 Å². The largest absolute Gasteiger partial charge is 0.495 e. The number of hydrogen-bond acceptors (Lipinski definition) is 8. The van der Waals surface area contributed by atoms with E-state index in [2.05, 4.69) is 19.2 Å². The number of ether oxygens (including phenoxy) is 4. The first-order chi connectivity index (χ1) is 15.7. The number of carbonyl (C=O) groups is 2. The van der Waals surface area contributed by atoms with Gasteiger partial charge in [0.15, 0.2) is 17.6 Å². The number of nitrogens with zero attached hydrogens (tertiary/aromatic N) is 1. The molecule has 0 heterocycles. The molecule has 0 bridgehead atoms. The van der Waals surface area contributed by atoms with Crippen LogP contribution in [0.2, 0.25) is 0 Å². The van der Waals surface area contributed by atoms with Crippen molar-refractivity contribution in [3.8, 4) is 17.2 Å². The third-order valence-electron chi connectivity index (χ3n) is 4.66. The molecule has 0 radical (unpaired) electrons. The number of esters is 1. The van der Waals surface area contributed by atoms with Crippen molar-refractivity contribution < 1.29 is 33.5 Å². The van der Waals surface area contributed by atoms with Crippen LogP contribution in [0, 0.1) is 16.0 Å². The number of benzene rings is 2. The van der Waals surface area contributed by atoms with Gasteiger partial charge in [-0.25, -0.2) is 4.79 Å². The van der Waals surface area contributed by atoms with Gasteiger partial charge >= 0.3 is 5.97 Å². The molecule has 0 aliphatic rings. The zero-order valence-electron chi connectivity index (χ0n) is 19.2. The van der Waals surface area contributed by atoms with Crippen LogP contribution in [0.3, 0.4) is 0 Å². The summed E-state index contributed by atoms with van der Waals surface area (Å²) in [6.45, 7) is 6.08. The molecule has 178 valence electrons. The first-order valence-electron chi connectivity index (χ1n) is 10.3.